The molecule has 1 aromatic heterocycles. The van der Waals surface area contributed by atoms with Crippen LogP contribution in [0.5, 0.6) is 0 Å². The molecule has 0 radical (unpaired) electrons. The van der Waals surface area contributed by atoms with Crippen molar-refractivity contribution in [1.29, 1.82) is 0 Å². The first-order chi connectivity index (χ1) is 9.03. The van der Waals surface area contributed by atoms with Crippen LogP contribution in [0.2, 0.25) is 0 Å². The molecule has 0 aliphatic carbocycles. The molecular weight excluding hydrogens is 236 g/mol. The molecule has 0 amide bonds. The Bertz CT molecular complexity index is 563. The molecule has 19 heavy (non-hydrogen) atoms. The van der Waals surface area contributed by atoms with Gasteiger partial charge in [0.25, 0.3) is 0 Å². The van der Waals surface area contributed by atoms with E-state index in [9.17, 15) is 0 Å². The predicted molar refractivity (Wildman–Crippen MR) is 80.2 cm³/mol. The number of rotatable bonds is 5. The van der Waals surface area contributed by atoms with E-state index in [1.807, 2.05) is 19.1 Å². The summed E-state index contributed by atoms with van der Waals surface area (Å²) >= 11 is 0. The highest BCUT2D eigenvalue weighted by Gasteiger charge is 2.17. The van der Waals surface area contributed by atoms with Crippen molar-refractivity contribution >= 4 is 16.6 Å². The molecule has 3 N–H and O–H groups in total. The number of nitrogens with zero attached hydrogens (tertiary/aromatic N) is 2. The summed E-state index contributed by atoms with van der Waals surface area (Å²) in [5.41, 5.74) is 6.75. The maximum Gasteiger partial charge on any atom is 0.156 e. The summed E-state index contributed by atoms with van der Waals surface area (Å²) in [6, 6.07) is 8.21. The van der Waals surface area contributed by atoms with Crippen LogP contribution in [-0.4, -0.2) is 23.3 Å². The summed E-state index contributed by atoms with van der Waals surface area (Å²) in [6.45, 7) is 7.94. The van der Waals surface area contributed by atoms with Crippen LogP contribution in [0.4, 0.5) is 5.82 Å². The Kier molecular flexibility index (Phi) is 4.00. The van der Waals surface area contributed by atoms with Crippen LogP contribution in [0.3, 0.4) is 0 Å². The van der Waals surface area contributed by atoms with Crippen LogP contribution in [0.25, 0.3) is 10.8 Å². The van der Waals surface area contributed by atoms with Crippen molar-refractivity contribution in [2.45, 2.75) is 27.2 Å². The minimum absolute atomic E-state index is 0.155. The minimum atomic E-state index is 0.155. The summed E-state index contributed by atoms with van der Waals surface area (Å²) in [5, 5.41) is 14.2. The van der Waals surface area contributed by atoms with Crippen molar-refractivity contribution in [3.63, 3.8) is 0 Å². The highest BCUT2D eigenvalue weighted by molar-refractivity contribution is 5.92. The predicted octanol–water partition coefficient (Wildman–Crippen LogP) is 2.73. The van der Waals surface area contributed by atoms with Crippen molar-refractivity contribution in [2.24, 2.45) is 11.1 Å². The number of anilines is 1. The Morgan fingerprint density at radius 3 is 2.53 bits per heavy atom. The molecule has 0 aliphatic heterocycles. The minimum Gasteiger partial charge on any atom is -0.368 e. The van der Waals surface area contributed by atoms with Gasteiger partial charge < -0.3 is 11.1 Å². The van der Waals surface area contributed by atoms with Crippen molar-refractivity contribution < 1.29 is 0 Å². The standard InChI is InChI=1S/C15H22N4/c1-11-12-6-4-5-7-13(12)14(19-18-11)17-10-15(2,3)8-9-16/h4-7H,8-10,16H2,1-3H3,(H,17,19). The first kappa shape index (κ1) is 13.7. The molecule has 0 atom stereocenters. The molecule has 1 heterocycles. The van der Waals surface area contributed by atoms with Crippen LogP contribution in [0.15, 0.2) is 24.3 Å². The molecule has 0 fully saturated rings. The number of aromatic nitrogens is 2. The number of fused-ring (bicyclic) bond motifs is 1. The molecule has 2 aromatic rings. The molecule has 102 valence electrons. The van der Waals surface area contributed by atoms with Gasteiger partial charge in [-0.25, -0.2) is 0 Å². The van der Waals surface area contributed by atoms with Crippen LogP contribution >= 0.6 is 0 Å². The monoisotopic (exact) mass is 258 g/mol. The number of hydrogen-bond donors (Lipinski definition) is 2. The van der Waals surface area contributed by atoms with Crippen LogP contribution in [0.1, 0.15) is 26.0 Å². The molecule has 0 spiro atoms. The topological polar surface area (TPSA) is 63.8 Å². The first-order valence-corrected chi connectivity index (χ1v) is 6.69. The zero-order chi connectivity index (χ0) is 13.9. The zero-order valence-electron chi connectivity index (χ0n) is 11.9. The normalized spacial score (nSPS) is 11.8. The second kappa shape index (κ2) is 5.53. The second-order valence-corrected chi connectivity index (χ2v) is 5.74. The number of hydrogen-bond acceptors (Lipinski definition) is 4. The summed E-state index contributed by atoms with van der Waals surface area (Å²) in [6.07, 6.45) is 0.983. The fourth-order valence-electron chi connectivity index (χ4n) is 2.17. The van der Waals surface area contributed by atoms with E-state index in [1.165, 1.54) is 0 Å². The summed E-state index contributed by atoms with van der Waals surface area (Å²) < 4.78 is 0. The maximum atomic E-state index is 5.64. The number of nitrogens with two attached hydrogens (primary N) is 1. The van der Waals surface area contributed by atoms with Gasteiger partial charge in [-0.2, -0.15) is 5.10 Å². The van der Waals surface area contributed by atoms with Gasteiger partial charge >= 0.3 is 0 Å². The van der Waals surface area contributed by atoms with Crippen LogP contribution in [0, 0.1) is 12.3 Å². The average Bonchev–Trinajstić information content (AvgIpc) is 2.38. The van der Waals surface area contributed by atoms with Crippen molar-refractivity contribution in [2.75, 3.05) is 18.4 Å². The molecule has 1 aromatic carbocycles. The second-order valence-electron chi connectivity index (χ2n) is 5.74. The molecule has 0 bridgehead atoms. The average molecular weight is 258 g/mol. The third-order valence-corrected chi connectivity index (χ3v) is 3.43. The first-order valence-electron chi connectivity index (χ1n) is 6.69. The largest absolute Gasteiger partial charge is 0.368 e. The third-order valence-electron chi connectivity index (χ3n) is 3.43. The molecule has 4 nitrogen and oxygen atoms in total. The fraction of sp³-hybridized carbons (Fsp3) is 0.467. The van der Waals surface area contributed by atoms with Crippen molar-refractivity contribution in [1.82, 2.24) is 10.2 Å². The van der Waals surface area contributed by atoms with E-state index >= 15 is 0 Å². The van der Waals surface area contributed by atoms with Gasteiger partial charge in [-0.05, 0) is 25.3 Å². The van der Waals surface area contributed by atoms with Gasteiger partial charge in [0.05, 0.1) is 5.69 Å². The Labute approximate surface area is 114 Å². The van der Waals surface area contributed by atoms with Gasteiger partial charge in [0.2, 0.25) is 0 Å². The third kappa shape index (κ3) is 3.20. The van der Waals surface area contributed by atoms with Crippen molar-refractivity contribution in [3.05, 3.63) is 30.0 Å². The molecular formula is C15H22N4. The molecule has 0 saturated heterocycles. The van der Waals surface area contributed by atoms with E-state index in [2.05, 4.69) is 41.5 Å². The molecule has 0 saturated carbocycles. The van der Waals surface area contributed by atoms with Gasteiger partial charge in [0.1, 0.15) is 0 Å². The highest BCUT2D eigenvalue weighted by Crippen LogP contribution is 2.25. The quantitative estimate of drug-likeness (QED) is 0.865. The lowest BCUT2D eigenvalue weighted by atomic mass is 9.89. The van der Waals surface area contributed by atoms with E-state index in [1.54, 1.807) is 0 Å². The van der Waals surface area contributed by atoms with Crippen LogP contribution in [-0.2, 0) is 0 Å². The van der Waals surface area contributed by atoms with E-state index < -0.39 is 0 Å². The van der Waals surface area contributed by atoms with Gasteiger partial charge in [0, 0.05) is 17.3 Å². The van der Waals surface area contributed by atoms with Gasteiger partial charge in [0.15, 0.2) is 5.82 Å². The van der Waals surface area contributed by atoms with Gasteiger partial charge in [-0.15, -0.1) is 5.10 Å². The number of nitrogens with one attached hydrogen (secondary N) is 1. The smallest absolute Gasteiger partial charge is 0.156 e. The maximum absolute atomic E-state index is 5.64. The van der Waals surface area contributed by atoms with Crippen molar-refractivity contribution in [3.8, 4) is 0 Å². The molecule has 0 unspecified atom stereocenters. The van der Waals surface area contributed by atoms with Gasteiger partial charge in [-0.3, -0.25) is 0 Å². The zero-order valence-corrected chi connectivity index (χ0v) is 11.9. The Hall–Kier alpha value is -1.68. The molecule has 2 rings (SSSR count). The fourth-order valence-corrected chi connectivity index (χ4v) is 2.17. The molecule has 4 heteroatoms. The Balaban J connectivity index is 2.24. The number of benzene rings is 1. The lowest BCUT2D eigenvalue weighted by Gasteiger charge is -2.24. The van der Waals surface area contributed by atoms with E-state index in [-0.39, 0.29) is 5.41 Å². The lowest BCUT2D eigenvalue weighted by Crippen LogP contribution is -2.26. The lowest BCUT2D eigenvalue weighted by molar-refractivity contribution is 0.365. The van der Waals surface area contributed by atoms with Crippen LogP contribution < -0.4 is 11.1 Å². The summed E-state index contributed by atoms with van der Waals surface area (Å²) in [4.78, 5) is 0. The number of aryl methyl sites for hydroxylation is 1. The Morgan fingerprint density at radius 1 is 1.16 bits per heavy atom. The SMILES string of the molecule is Cc1nnc(NCC(C)(C)CCN)c2ccccc12. The Morgan fingerprint density at radius 2 is 1.84 bits per heavy atom. The van der Waals surface area contributed by atoms with Gasteiger partial charge in [-0.1, -0.05) is 38.1 Å². The molecule has 0 aliphatic rings. The highest BCUT2D eigenvalue weighted by atomic mass is 15.2. The van der Waals surface area contributed by atoms with E-state index in [0.29, 0.717) is 6.54 Å². The van der Waals surface area contributed by atoms with E-state index in [4.69, 9.17) is 5.73 Å². The van der Waals surface area contributed by atoms with E-state index in [0.717, 1.165) is 35.2 Å². The summed E-state index contributed by atoms with van der Waals surface area (Å²) in [5.74, 6) is 0.853. The summed E-state index contributed by atoms with van der Waals surface area (Å²) in [7, 11) is 0.